The molecule has 0 aromatic heterocycles. The first-order valence-corrected chi connectivity index (χ1v) is 8.07. The number of hydrogen-bond acceptors (Lipinski definition) is 1. The van der Waals surface area contributed by atoms with Gasteiger partial charge in [-0.3, -0.25) is 4.79 Å². The van der Waals surface area contributed by atoms with E-state index in [1.54, 1.807) is 0 Å². The van der Waals surface area contributed by atoms with Crippen molar-refractivity contribution in [2.45, 2.75) is 39.2 Å². The molecule has 1 atom stereocenters. The quantitative estimate of drug-likeness (QED) is 0.894. The van der Waals surface area contributed by atoms with Crippen LogP contribution in [0.5, 0.6) is 0 Å². The summed E-state index contributed by atoms with van der Waals surface area (Å²) in [6, 6.07) is 16.6. The smallest absolute Gasteiger partial charge is 0.223 e. The van der Waals surface area contributed by atoms with Gasteiger partial charge in [0.15, 0.2) is 0 Å². The van der Waals surface area contributed by atoms with Crippen LogP contribution in [-0.4, -0.2) is 5.91 Å². The van der Waals surface area contributed by atoms with Crippen molar-refractivity contribution in [3.8, 4) is 0 Å². The van der Waals surface area contributed by atoms with Gasteiger partial charge in [0.05, 0.1) is 6.04 Å². The van der Waals surface area contributed by atoms with Crippen LogP contribution in [0.1, 0.15) is 47.6 Å². The predicted molar refractivity (Wildman–Crippen MR) is 89.7 cm³/mol. The summed E-state index contributed by atoms with van der Waals surface area (Å²) in [6.07, 6.45) is 3.23. The van der Waals surface area contributed by atoms with Crippen LogP contribution in [0.4, 0.5) is 0 Å². The molecular formula is C20H23NO. The SMILES string of the molecule is Cc1ccc(C(NC(=O)C2CCC2)c2ccccc2)cc1C. The van der Waals surface area contributed by atoms with E-state index in [2.05, 4.69) is 49.5 Å². The molecule has 2 nitrogen and oxygen atoms in total. The van der Waals surface area contributed by atoms with Crippen molar-refractivity contribution >= 4 is 5.91 Å². The minimum atomic E-state index is -0.0615. The maximum atomic E-state index is 12.4. The van der Waals surface area contributed by atoms with Gasteiger partial charge in [-0.05, 0) is 48.9 Å². The molecule has 0 saturated heterocycles. The van der Waals surface area contributed by atoms with Gasteiger partial charge in [0.2, 0.25) is 5.91 Å². The Labute approximate surface area is 132 Å². The van der Waals surface area contributed by atoms with E-state index < -0.39 is 0 Å². The molecule has 1 fully saturated rings. The van der Waals surface area contributed by atoms with E-state index in [1.165, 1.54) is 17.5 Å². The van der Waals surface area contributed by atoms with Gasteiger partial charge in [0.25, 0.3) is 0 Å². The fourth-order valence-electron chi connectivity index (χ4n) is 2.88. The first-order valence-electron chi connectivity index (χ1n) is 8.07. The highest BCUT2D eigenvalue weighted by Crippen LogP contribution is 2.29. The Morgan fingerprint density at radius 2 is 1.73 bits per heavy atom. The summed E-state index contributed by atoms with van der Waals surface area (Å²) >= 11 is 0. The number of carbonyl (C=O) groups is 1. The van der Waals surface area contributed by atoms with Crippen LogP contribution in [0, 0.1) is 19.8 Å². The molecule has 1 aliphatic carbocycles. The number of rotatable bonds is 4. The summed E-state index contributed by atoms with van der Waals surface area (Å²) in [5.41, 5.74) is 4.83. The molecule has 114 valence electrons. The fraction of sp³-hybridized carbons (Fsp3) is 0.350. The number of nitrogens with one attached hydrogen (secondary N) is 1. The zero-order valence-corrected chi connectivity index (χ0v) is 13.3. The Bertz CT molecular complexity index is 659. The fourth-order valence-corrected chi connectivity index (χ4v) is 2.88. The largest absolute Gasteiger partial charge is 0.345 e. The van der Waals surface area contributed by atoms with E-state index in [9.17, 15) is 4.79 Å². The Kier molecular flexibility index (Phi) is 4.28. The highest BCUT2D eigenvalue weighted by Gasteiger charge is 2.27. The van der Waals surface area contributed by atoms with Crippen LogP contribution in [0.25, 0.3) is 0 Å². The average Bonchev–Trinajstić information content (AvgIpc) is 2.47. The summed E-state index contributed by atoms with van der Waals surface area (Å²) in [5.74, 6) is 0.399. The van der Waals surface area contributed by atoms with E-state index in [1.807, 2.05) is 18.2 Å². The Balaban J connectivity index is 1.91. The van der Waals surface area contributed by atoms with E-state index in [0.29, 0.717) is 0 Å². The number of benzene rings is 2. The minimum Gasteiger partial charge on any atom is -0.345 e. The molecule has 2 aromatic rings. The molecule has 1 saturated carbocycles. The molecule has 0 aliphatic heterocycles. The second-order valence-electron chi connectivity index (χ2n) is 6.32. The van der Waals surface area contributed by atoms with Gasteiger partial charge >= 0.3 is 0 Å². The van der Waals surface area contributed by atoms with Crippen LogP contribution in [0.2, 0.25) is 0 Å². The normalized spacial score (nSPS) is 15.9. The van der Waals surface area contributed by atoms with Crippen molar-refractivity contribution in [1.29, 1.82) is 0 Å². The number of amides is 1. The zero-order valence-electron chi connectivity index (χ0n) is 13.3. The molecule has 22 heavy (non-hydrogen) atoms. The Morgan fingerprint density at radius 1 is 1.00 bits per heavy atom. The molecule has 1 N–H and O–H groups in total. The van der Waals surface area contributed by atoms with Crippen LogP contribution in [0.15, 0.2) is 48.5 Å². The molecule has 2 aromatic carbocycles. The third kappa shape index (κ3) is 3.06. The first-order chi connectivity index (χ1) is 10.6. The zero-order chi connectivity index (χ0) is 15.5. The summed E-state index contributed by atoms with van der Waals surface area (Å²) in [5, 5.41) is 3.26. The Morgan fingerprint density at radius 3 is 2.32 bits per heavy atom. The van der Waals surface area contributed by atoms with Crippen molar-refractivity contribution in [3.05, 3.63) is 70.8 Å². The molecule has 1 amide bonds. The molecule has 0 bridgehead atoms. The number of carbonyl (C=O) groups excluding carboxylic acids is 1. The molecule has 2 heteroatoms. The number of aryl methyl sites for hydroxylation is 2. The lowest BCUT2D eigenvalue weighted by molar-refractivity contribution is -0.127. The summed E-state index contributed by atoms with van der Waals surface area (Å²) < 4.78 is 0. The van der Waals surface area contributed by atoms with Crippen molar-refractivity contribution in [3.63, 3.8) is 0 Å². The van der Waals surface area contributed by atoms with Crippen molar-refractivity contribution in [2.75, 3.05) is 0 Å². The lowest BCUT2D eigenvalue weighted by atomic mass is 9.84. The van der Waals surface area contributed by atoms with Crippen LogP contribution < -0.4 is 5.32 Å². The molecule has 0 heterocycles. The highest BCUT2D eigenvalue weighted by atomic mass is 16.2. The van der Waals surface area contributed by atoms with Gasteiger partial charge in [0.1, 0.15) is 0 Å². The molecule has 0 spiro atoms. The molecule has 1 aliphatic rings. The van der Waals surface area contributed by atoms with Gasteiger partial charge in [0, 0.05) is 5.92 Å². The van der Waals surface area contributed by atoms with Crippen LogP contribution in [0.3, 0.4) is 0 Å². The summed E-state index contributed by atoms with van der Waals surface area (Å²) in [7, 11) is 0. The standard InChI is InChI=1S/C20H23NO/c1-14-11-12-18(13-15(14)2)19(16-7-4-3-5-8-16)21-20(22)17-9-6-10-17/h3-5,7-8,11-13,17,19H,6,9-10H2,1-2H3,(H,21,22). The van der Waals surface area contributed by atoms with Crippen LogP contribution in [-0.2, 0) is 4.79 Å². The summed E-state index contributed by atoms with van der Waals surface area (Å²) in [4.78, 5) is 12.4. The maximum Gasteiger partial charge on any atom is 0.223 e. The second kappa shape index (κ2) is 6.35. The first kappa shape index (κ1) is 14.8. The monoisotopic (exact) mass is 293 g/mol. The van der Waals surface area contributed by atoms with Gasteiger partial charge < -0.3 is 5.32 Å². The lowest BCUT2D eigenvalue weighted by Crippen LogP contribution is -2.37. The van der Waals surface area contributed by atoms with Gasteiger partial charge in [-0.25, -0.2) is 0 Å². The molecular weight excluding hydrogens is 270 g/mol. The maximum absolute atomic E-state index is 12.4. The highest BCUT2D eigenvalue weighted by molar-refractivity contribution is 5.80. The topological polar surface area (TPSA) is 29.1 Å². The molecule has 0 radical (unpaired) electrons. The average molecular weight is 293 g/mol. The molecule has 3 rings (SSSR count). The number of hydrogen-bond donors (Lipinski definition) is 1. The lowest BCUT2D eigenvalue weighted by Gasteiger charge is -2.28. The third-order valence-electron chi connectivity index (χ3n) is 4.76. The second-order valence-corrected chi connectivity index (χ2v) is 6.32. The van der Waals surface area contributed by atoms with E-state index in [0.717, 1.165) is 24.0 Å². The third-order valence-corrected chi connectivity index (χ3v) is 4.76. The molecule has 1 unspecified atom stereocenters. The van der Waals surface area contributed by atoms with Gasteiger partial charge in [-0.15, -0.1) is 0 Å². The predicted octanol–water partition coefficient (Wildman–Crippen LogP) is 4.31. The van der Waals surface area contributed by atoms with E-state index in [4.69, 9.17) is 0 Å². The van der Waals surface area contributed by atoms with Crippen molar-refractivity contribution in [1.82, 2.24) is 5.32 Å². The van der Waals surface area contributed by atoms with Gasteiger partial charge in [-0.2, -0.15) is 0 Å². The van der Waals surface area contributed by atoms with Crippen molar-refractivity contribution in [2.24, 2.45) is 5.92 Å². The minimum absolute atomic E-state index is 0.0615. The van der Waals surface area contributed by atoms with Gasteiger partial charge in [-0.1, -0.05) is 55.0 Å². The van der Waals surface area contributed by atoms with E-state index >= 15 is 0 Å². The van der Waals surface area contributed by atoms with E-state index in [-0.39, 0.29) is 17.9 Å². The summed E-state index contributed by atoms with van der Waals surface area (Å²) in [6.45, 7) is 4.23. The van der Waals surface area contributed by atoms with Crippen LogP contribution >= 0.6 is 0 Å². The van der Waals surface area contributed by atoms with Crippen molar-refractivity contribution < 1.29 is 4.79 Å². The Hall–Kier alpha value is -2.09.